The van der Waals surface area contributed by atoms with Crippen molar-refractivity contribution in [1.29, 1.82) is 0 Å². The van der Waals surface area contributed by atoms with Crippen LogP contribution in [0.3, 0.4) is 0 Å². The molecule has 1 aromatic rings. The molecule has 0 radical (unpaired) electrons. The second kappa shape index (κ2) is 6.70. The lowest BCUT2D eigenvalue weighted by Crippen LogP contribution is -2.29. The Morgan fingerprint density at radius 1 is 1.42 bits per heavy atom. The third-order valence-corrected chi connectivity index (χ3v) is 3.33. The first kappa shape index (κ1) is 14.1. The van der Waals surface area contributed by atoms with Crippen LogP contribution in [0, 0.1) is 0 Å². The molecule has 2 rings (SSSR count). The van der Waals surface area contributed by atoms with Crippen molar-refractivity contribution in [1.82, 2.24) is 9.97 Å². The van der Waals surface area contributed by atoms with Gasteiger partial charge >= 0.3 is 0 Å². The first-order valence-electron chi connectivity index (χ1n) is 7.17. The second-order valence-electron chi connectivity index (χ2n) is 4.93. The number of hydrogen-bond donors (Lipinski definition) is 1. The van der Waals surface area contributed by atoms with Crippen LogP contribution in [0.5, 0.6) is 0 Å². The van der Waals surface area contributed by atoms with Crippen LogP contribution in [0.4, 0.5) is 11.6 Å². The van der Waals surface area contributed by atoms with Crippen molar-refractivity contribution in [2.24, 2.45) is 0 Å². The highest BCUT2D eigenvalue weighted by atomic mass is 16.5. The van der Waals surface area contributed by atoms with E-state index in [1.165, 1.54) is 6.42 Å². The van der Waals surface area contributed by atoms with Crippen LogP contribution in [-0.4, -0.2) is 42.8 Å². The van der Waals surface area contributed by atoms with Crippen LogP contribution < -0.4 is 10.2 Å². The number of hydrogen-bond acceptors (Lipinski definition) is 5. The van der Waals surface area contributed by atoms with Crippen LogP contribution in [-0.2, 0) is 11.2 Å². The quantitative estimate of drug-likeness (QED) is 0.852. The minimum absolute atomic E-state index is 0.340. The van der Waals surface area contributed by atoms with E-state index in [2.05, 4.69) is 41.1 Å². The van der Waals surface area contributed by atoms with E-state index in [0.29, 0.717) is 6.10 Å². The van der Waals surface area contributed by atoms with Gasteiger partial charge in [0.15, 0.2) is 0 Å². The Kier molecular flexibility index (Phi) is 4.96. The van der Waals surface area contributed by atoms with Gasteiger partial charge in [0.05, 0.1) is 6.10 Å². The number of nitrogens with zero attached hydrogens (tertiary/aromatic N) is 3. The predicted octanol–water partition coefficient (Wildman–Crippen LogP) is 2.09. The minimum Gasteiger partial charge on any atom is -0.376 e. The summed E-state index contributed by atoms with van der Waals surface area (Å²) in [6, 6.07) is 2.01. The Morgan fingerprint density at radius 2 is 2.26 bits per heavy atom. The summed E-state index contributed by atoms with van der Waals surface area (Å²) in [7, 11) is 2.07. The maximum Gasteiger partial charge on any atom is 0.134 e. The highest BCUT2D eigenvalue weighted by Gasteiger charge is 2.18. The van der Waals surface area contributed by atoms with Crippen LogP contribution in [0.1, 0.15) is 32.5 Å². The summed E-state index contributed by atoms with van der Waals surface area (Å²) >= 11 is 0. The first-order chi connectivity index (χ1) is 9.22. The Hall–Kier alpha value is -1.36. The molecule has 5 heteroatoms. The van der Waals surface area contributed by atoms with E-state index in [9.17, 15) is 0 Å². The molecule has 0 bridgehead atoms. The molecule has 1 fully saturated rings. The molecule has 2 heterocycles. The third kappa shape index (κ3) is 3.80. The second-order valence-corrected chi connectivity index (χ2v) is 4.93. The van der Waals surface area contributed by atoms with Gasteiger partial charge in [-0.05, 0) is 19.8 Å². The molecule has 106 valence electrons. The monoisotopic (exact) mass is 264 g/mol. The number of aryl methyl sites for hydroxylation is 1. The Morgan fingerprint density at radius 3 is 2.89 bits per heavy atom. The van der Waals surface area contributed by atoms with Gasteiger partial charge in [0, 0.05) is 39.2 Å². The lowest BCUT2D eigenvalue weighted by molar-refractivity contribution is 0.116. The standard InChI is InChI=1S/C14H24N4O/c1-4-12-16-13(15-5-2)9-14(17-12)18(3)10-11-7-6-8-19-11/h9,11H,4-8,10H2,1-3H3,(H,15,16,17). The fourth-order valence-electron chi connectivity index (χ4n) is 2.30. The summed E-state index contributed by atoms with van der Waals surface area (Å²) in [5, 5.41) is 3.26. The van der Waals surface area contributed by atoms with Gasteiger partial charge in [0.2, 0.25) is 0 Å². The van der Waals surface area contributed by atoms with Crippen LogP contribution in [0.15, 0.2) is 6.07 Å². The van der Waals surface area contributed by atoms with Gasteiger partial charge in [-0.1, -0.05) is 6.92 Å². The molecule has 1 saturated heterocycles. The normalized spacial score (nSPS) is 18.6. The Balaban J connectivity index is 2.09. The molecule has 1 N–H and O–H groups in total. The average molecular weight is 264 g/mol. The van der Waals surface area contributed by atoms with Gasteiger partial charge in [0.1, 0.15) is 17.5 Å². The van der Waals surface area contributed by atoms with E-state index in [-0.39, 0.29) is 0 Å². The molecule has 0 aromatic carbocycles. The van der Waals surface area contributed by atoms with E-state index in [1.54, 1.807) is 0 Å². The van der Waals surface area contributed by atoms with Gasteiger partial charge in [-0.2, -0.15) is 0 Å². The molecule has 1 aliphatic rings. The van der Waals surface area contributed by atoms with E-state index in [0.717, 1.165) is 50.0 Å². The van der Waals surface area contributed by atoms with Gasteiger partial charge in [-0.3, -0.25) is 0 Å². The maximum absolute atomic E-state index is 5.68. The number of nitrogens with one attached hydrogen (secondary N) is 1. The van der Waals surface area contributed by atoms with Crippen molar-refractivity contribution in [2.75, 3.05) is 37.0 Å². The van der Waals surface area contributed by atoms with Gasteiger partial charge < -0.3 is 15.0 Å². The molecule has 1 aromatic heterocycles. The van der Waals surface area contributed by atoms with Gasteiger partial charge in [-0.15, -0.1) is 0 Å². The number of likely N-dealkylation sites (N-methyl/N-ethyl adjacent to an activating group) is 1. The van der Waals surface area contributed by atoms with E-state index < -0.39 is 0 Å². The number of aromatic nitrogens is 2. The lowest BCUT2D eigenvalue weighted by Gasteiger charge is -2.22. The van der Waals surface area contributed by atoms with Crippen molar-refractivity contribution in [3.63, 3.8) is 0 Å². The largest absolute Gasteiger partial charge is 0.376 e. The molecular weight excluding hydrogens is 240 g/mol. The molecule has 1 atom stereocenters. The fourth-order valence-corrected chi connectivity index (χ4v) is 2.30. The van der Waals surface area contributed by atoms with E-state index in [4.69, 9.17) is 4.74 Å². The Labute approximate surface area is 115 Å². The molecule has 0 spiro atoms. The third-order valence-electron chi connectivity index (χ3n) is 3.33. The van der Waals surface area contributed by atoms with Crippen LogP contribution in [0.25, 0.3) is 0 Å². The zero-order chi connectivity index (χ0) is 13.7. The molecule has 0 amide bonds. The highest BCUT2D eigenvalue weighted by Crippen LogP contribution is 2.19. The Bertz CT molecular complexity index is 404. The van der Waals surface area contributed by atoms with Crippen LogP contribution >= 0.6 is 0 Å². The number of anilines is 2. The van der Waals surface area contributed by atoms with Crippen molar-refractivity contribution in [3.05, 3.63) is 11.9 Å². The van der Waals surface area contributed by atoms with Crippen LogP contribution in [0.2, 0.25) is 0 Å². The zero-order valence-electron chi connectivity index (χ0n) is 12.1. The van der Waals surface area contributed by atoms with Crippen molar-refractivity contribution in [2.45, 2.75) is 39.2 Å². The van der Waals surface area contributed by atoms with E-state index >= 15 is 0 Å². The molecule has 1 unspecified atom stereocenters. The fraction of sp³-hybridized carbons (Fsp3) is 0.714. The SMILES string of the molecule is CCNc1cc(N(C)CC2CCCO2)nc(CC)n1. The van der Waals surface area contributed by atoms with Crippen molar-refractivity contribution >= 4 is 11.6 Å². The van der Waals surface area contributed by atoms with Crippen molar-refractivity contribution < 1.29 is 4.74 Å². The lowest BCUT2D eigenvalue weighted by atomic mass is 10.2. The summed E-state index contributed by atoms with van der Waals surface area (Å²) in [5.74, 6) is 2.76. The van der Waals surface area contributed by atoms with Gasteiger partial charge in [0.25, 0.3) is 0 Å². The number of rotatable bonds is 6. The molecular formula is C14H24N4O. The summed E-state index contributed by atoms with van der Waals surface area (Å²) in [4.78, 5) is 11.2. The predicted molar refractivity (Wildman–Crippen MR) is 77.8 cm³/mol. The minimum atomic E-state index is 0.340. The molecule has 1 aliphatic heterocycles. The summed E-state index contributed by atoms with van der Waals surface area (Å²) in [6.45, 7) is 6.81. The zero-order valence-corrected chi connectivity index (χ0v) is 12.1. The topological polar surface area (TPSA) is 50.3 Å². The summed E-state index contributed by atoms with van der Waals surface area (Å²) in [5.41, 5.74) is 0. The summed E-state index contributed by atoms with van der Waals surface area (Å²) < 4.78 is 5.68. The maximum atomic E-state index is 5.68. The molecule has 0 aliphatic carbocycles. The first-order valence-corrected chi connectivity index (χ1v) is 7.17. The molecule has 0 saturated carbocycles. The van der Waals surface area contributed by atoms with Gasteiger partial charge in [-0.25, -0.2) is 9.97 Å². The molecule has 19 heavy (non-hydrogen) atoms. The smallest absolute Gasteiger partial charge is 0.134 e. The number of ether oxygens (including phenoxy) is 1. The average Bonchev–Trinajstić information content (AvgIpc) is 2.91. The van der Waals surface area contributed by atoms with Crippen molar-refractivity contribution in [3.8, 4) is 0 Å². The summed E-state index contributed by atoms with van der Waals surface area (Å²) in [6.07, 6.45) is 3.51. The van der Waals surface area contributed by atoms with E-state index in [1.807, 2.05) is 6.07 Å². The molecule has 5 nitrogen and oxygen atoms in total. The highest BCUT2D eigenvalue weighted by molar-refractivity contribution is 5.49.